The quantitative estimate of drug-likeness (QED) is 0.228. The third-order valence-electron chi connectivity index (χ3n) is 6.77. The van der Waals surface area contributed by atoms with Gasteiger partial charge in [0.15, 0.2) is 0 Å². The molecule has 0 bridgehead atoms. The lowest BCUT2D eigenvalue weighted by Gasteiger charge is -2.23. The van der Waals surface area contributed by atoms with E-state index in [2.05, 4.69) is 55.5 Å². The summed E-state index contributed by atoms with van der Waals surface area (Å²) in [6, 6.07) is 32.6. The summed E-state index contributed by atoms with van der Waals surface area (Å²) in [5, 5.41) is 8.63. The molecule has 38 heavy (non-hydrogen) atoms. The molecule has 1 atom stereocenters. The van der Waals surface area contributed by atoms with E-state index in [-0.39, 0.29) is 6.04 Å². The van der Waals surface area contributed by atoms with Crippen LogP contribution in [-0.4, -0.2) is 22.3 Å². The average molecular weight is 519 g/mol. The van der Waals surface area contributed by atoms with Crippen LogP contribution in [0, 0.1) is 6.92 Å². The Kier molecular flexibility index (Phi) is 6.52. The first-order chi connectivity index (χ1) is 18.6. The fraction of sp³-hybridized carbons (Fsp3) is 0.156. The molecule has 1 aromatic heterocycles. The third kappa shape index (κ3) is 4.73. The van der Waals surface area contributed by atoms with Gasteiger partial charge in [-0.2, -0.15) is 5.10 Å². The van der Waals surface area contributed by atoms with Crippen molar-refractivity contribution in [1.29, 1.82) is 0 Å². The molecule has 0 saturated heterocycles. The van der Waals surface area contributed by atoms with E-state index in [1.807, 2.05) is 60.5 Å². The van der Waals surface area contributed by atoms with Crippen molar-refractivity contribution in [3.63, 3.8) is 0 Å². The molecule has 188 valence electrons. The summed E-state index contributed by atoms with van der Waals surface area (Å²) in [5.41, 5.74) is 7.11. The van der Waals surface area contributed by atoms with Crippen LogP contribution in [-0.2, 0) is 0 Å². The fourth-order valence-electron chi connectivity index (χ4n) is 4.83. The van der Waals surface area contributed by atoms with Crippen LogP contribution in [0.5, 0.6) is 5.75 Å². The number of nitrogens with zero attached hydrogens (tertiary/aromatic N) is 4. The van der Waals surface area contributed by atoms with E-state index in [0.29, 0.717) is 17.6 Å². The summed E-state index contributed by atoms with van der Waals surface area (Å²) in [7, 11) is 0. The number of benzene rings is 4. The number of halogens is 1. The van der Waals surface area contributed by atoms with Crippen molar-refractivity contribution in [2.75, 3.05) is 11.6 Å². The van der Waals surface area contributed by atoms with Gasteiger partial charge >= 0.3 is 0 Å². The van der Waals surface area contributed by atoms with Gasteiger partial charge in [-0.05, 0) is 55.3 Å². The molecule has 0 radical (unpaired) electrons. The largest absolute Gasteiger partial charge is 0.494 e. The Labute approximate surface area is 227 Å². The van der Waals surface area contributed by atoms with Crippen molar-refractivity contribution < 1.29 is 4.74 Å². The molecule has 6 heteroatoms. The lowest BCUT2D eigenvalue weighted by atomic mass is 9.98. The number of ether oxygens (including phenoxy) is 1. The van der Waals surface area contributed by atoms with Crippen LogP contribution in [0.3, 0.4) is 0 Å². The highest BCUT2D eigenvalue weighted by molar-refractivity contribution is 6.31. The number of hydrogen-bond donors (Lipinski definition) is 0. The number of fused-ring (bicyclic) bond motifs is 1. The highest BCUT2D eigenvalue weighted by Gasteiger charge is 2.32. The predicted octanol–water partition coefficient (Wildman–Crippen LogP) is 8.01. The minimum Gasteiger partial charge on any atom is -0.494 e. The van der Waals surface area contributed by atoms with Crippen molar-refractivity contribution >= 4 is 34.2 Å². The molecular formula is C32H27ClN4O. The van der Waals surface area contributed by atoms with Gasteiger partial charge in [0.25, 0.3) is 0 Å². The Bertz CT molecular complexity index is 1620. The number of anilines is 1. The number of hydrogen-bond acceptors (Lipinski definition) is 5. The number of rotatable bonds is 6. The van der Waals surface area contributed by atoms with Crippen LogP contribution in [0.1, 0.15) is 36.1 Å². The highest BCUT2D eigenvalue weighted by atomic mass is 35.5. The van der Waals surface area contributed by atoms with Gasteiger partial charge in [-0.15, -0.1) is 0 Å². The third-order valence-corrected chi connectivity index (χ3v) is 7.00. The maximum absolute atomic E-state index is 6.38. The number of hydrazone groups is 1. The molecule has 0 fully saturated rings. The molecule has 6 rings (SSSR count). The van der Waals surface area contributed by atoms with Gasteiger partial charge in [0.1, 0.15) is 5.75 Å². The molecule has 2 heterocycles. The Morgan fingerprint density at radius 1 is 0.868 bits per heavy atom. The maximum atomic E-state index is 6.38. The van der Waals surface area contributed by atoms with Crippen molar-refractivity contribution in [1.82, 2.24) is 9.97 Å². The van der Waals surface area contributed by atoms with Crippen LogP contribution >= 0.6 is 11.6 Å². The average Bonchev–Trinajstić information content (AvgIpc) is 3.39. The smallest absolute Gasteiger partial charge is 0.247 e. The molecule has 5 nitrogen and oxygen atoms in total. The van der Waals surface area contributed by atoms with Gasteiger partial charge in [0, 0.05) is 22.4 Å². The summed E-state index contributed by atoms with van der Waals surface area (Å²) in [6.45, 7) is 4.71. The van der Waals surface area contributed by atoms with Gasteiger partial charge < -0.3 is 4.74 Å². The normalized spacial score (nSPS) is 15.1. The number of aromatic nitrogens is 2. The Morgan fingerprint density at radius 3 is 2.37 bits per heavy atom. The van der Waals surface area contributed by atoms with Crippen molar-refractivity contribution in [2.24, 2.45) is 5.10 Å². The molecule has 1 aliphatic heterocycles. The molecule has 0 saturated carbocycles. The van der Waals surface area contributed by atoms with Gasteiger partial charge in [0.2, 0.25) is 5.95 Å². The second kappa shape index (κ2) is 10.3. The molecule has 0 aliphatic carbocycles. The maximum Gasteiger partial charge on any atom is 0.247 e. The molecule has 0 unspecified atom stereocenters. The zero-order valence-corrected chi connectivity index (χ0v) is 22.1. The standard InChI is InChI=1S/C32H27ClN4O/c1-3-38-26-16-13-23(14-17-26)30-20-29(22-11-9-21(2)10-12-22)36-37(30)32-34-28-18-15-25(33)19-27(28)31(35-32)24-7-5-4-6-8-24/h4-19,30H,3,20H2,1-2H3/t30-/m1/s1. The van der Waals surface area contributed by atoms with Crippen LogP contribution in [0.15, 0.2) is 102 Å². The van der Waals surface area contributed by atoms with Crippen LogP contribution < -0.4 is 9.75 Å². The fourth-order valence-corrected chi connectivity index (χ4v) is 5.01. The summed E-state index contributed by atoms with van der Waals surface area (Å²) >= 11 is 6.38. The molecule has 0 N–H and O–H groups in total. The summed E-state index contributed by atoms with van der Waals surface area (Å²) in [6.07, 6.45) is 0.736. The van der Waals surface area contributed by atoms with Gasteiger partial charge in [-0.1, -0.05) is 83.9 Å². The molecule has 0 spiro atoms. The zero-order chi connectivity index (χ0) is 26.1. The van der Waals surface area contributed by atoms with Crippen molar-refractivity contribution in [2.45, 2.75) is 26.3 Å². The summed E-state index contributed by atoms with van der Waals surface area (Å²) in [4.78, 5) is 10.1. The van der Waals surface area contributed by atoms with Crippen molar-refractivity contribution in [3.8, 4) is 17.0 Å². The summed E-state index contributed by atoms with van der Waals surface area (Å²) in [5.74, 6) is 1.41. The number of aryl methyl sites for hydroxylation is 1. The molecular weight excluding hydrogens is 492 g/mol. The van der Waals surface area contributed by atoms with E-state index >= 15 is 0 Å². The second-order valence-electron chi connectivity index (χ2n) is 9.38. The first kappa shape index (κ1) is 24.1. The first-order valence-corrected chi connectivity index (χ1v) is 13.2. The lowest BCUT2D eigenvalue weighted by molar-refractivity contribution is 0.340. The summed E-state index contributed by atoms with van der Waals surface area (Å²) < 4.78 is 5.68. The van der Waals surface area contributed by atoms with E-state index in [9.17, 15) is 0 Å². The van der Waals surface area contributed by atoms with E-state index < -0.39 is 0 Å². The SMILES string of the molecule is CCOc1ccc([C@H]2CC(c3ccc(C)cc3)=NN2c2nc(-c3ccccc3)c3cc(Cl)ccc3n2)cc1. The minimum absolute atomic E-state index is 0.0599. The molecule has 5 aromatic rings. The van der Waals surface area contributed by atoms with Gasteiger partial charge in [-0.3, -0.25) is 0 Å². The van der Waals surface area contributed by atoms with E-state index in [4.69, 9.17) is 31.4 Å². The molecule has 4 aromatic carbocycles. The van der Waals surface area contributed by atoms with Crippen LogP contribution in [0.4, 0.5) is 5.95 Å². The van der Waals surface area contributed by atoms with E-state index in [1.54, 1.807) is 0 Å². The van der Waals surface area contributed by atoms with Gasteiger partial charge in [0.05, 0.1) is 29.6 Å². The van der Waals surface area contributed by atoms with E-state index in [1.165, 1.54) is 5.56 Å². The molecule has 0 amide bonds. The minimum atomic E-state index is -0.0599. The topological polar surface area (TPSA) is 50.6 Å². The first-order valence-electron chi connectivity index (χ1n) is 12.8. The predicted molar refractivity (Wildman–Crippen MR) is 155 cm³/mol. The van der Waals surface area contributed by atoms with Gasteiger partial charge in [-0.25, -0.2) is 15.0 Å². The second-order valence-corrected chi connectivity index (χ2v) is 9.82. The Morgan fingerprint density at radius 2 is 1.63 bits per heavy atom. The van der Waals surface area contributed by atoms with E-state index in [0.717, 1.165) is 51.2 Å². The Hall–Kier alpha value is -4.22. The monoisotopic (exact) mass is 518 g/mol. The molecule has 1 aliphatic rings. The highest BCUT2D eigenvalue weighted by Crippen LogP contribution is 2.38. The lowest BCUT2D eigenvalue weighted by Crippen LogP contribution is -2.21. The van der Waals surface area contributed by atoms with Crippen molar-refractivity contribution in [3.05, 3.63) is 119 Å². The zero-order valence-electron chi connectivity index (χ0n) is 21.3. The van der Waals surface area contributed by atoms with Crippen LogP contribution in [0.25, 0.3) is 22.2 Å². The Balaban J connectivity index is 1.50. The van der Waals surface area contributed by atoms with Crippen LogP contribution in [0.2, 0.25) is 5.02 Å².